The minimum Gasteiger partial charge on any atom is -0.497 e. The first-order valence-corrected chi connectivity index (χ1v) is 10.9. The third-order valence-electron chi connectivity index (χ3n) is 5.70. The summed E-state index contributed by atoms with van der Waals surface area (Å²) < 4.78 is 15.7. The van der Waals surface area contributed by atoms with E-state index in [1.54, 1.807) is 42.5 Å². The molecule has 8 heteroatoms. The highest BCUT2D eigenvalue weighted by Gasteiger charge is 2.29. The number of esters is 1. The van der Waals surface area contributed by atoms with Gasteiger partial charge in [-0.15, -0.1) is 0 Å². The molecule has 0 aliphatic heterocycles. The summed E-state index contributed by atoms with van der Waals surface area (Å²) >= 11 is 0. The van der Waals surface area contributed by atoms with Gasteiger partial charge in [0.25, 0.3) is 5.91 Å². The smallest absolute Gasteiger partial charge is 0.311 e. The SMILES string of the molecule is COc1ccc(CC(=O)OC(C)C(=O)Nc2ccc3c(c2)C(=O)c2ccccc2C3=O)c(OC)c1. The summed E-state index contributed by atoms with van der Waals surface area (Å²) in [6.45, 7) is 1.45. The lowest BCUT2D eigenvalue weighted by molar-refractivity contribution is -0.152. The van der Waals surface area contributed by atoms with E-state index in [4.69, 9.17) is 14.2 Å². The quantitative estimate of drug-likeness (QED) is 0.409. The average molecular weight is 473 g/mol. The molecular formula is C27H23NO7. The maximum Gasteiger partial charge on any atom is 0.311 e. The highest BCUT2D eigenvalue weighted by molar-refractivity contribution is 6.28. The highest BCUT2D eigenvalue weighted by atomic mass is 16.5. The van der Waals surface area contributed by atoms with Crippen molar-refractivity contribution in [3.05, 3.63) is 88.5 Å². The Morgan fingerprint density at radius 2 is 1.49 bits per heavy atom. The molecule has 0 radical (unpaired) electrons. The van der Waals surface area contributed by atoms with Crippen molar-refractivity contribution in [2.45, 2.75) is 19.4 Å². The Hall–Kier alpha value is -4.46. The predicted octanol–water partition coefficient (Wildman–Crippen LogP) is 3.59. The minimum absolute atomic E-state index is 0.0976. The second kappa shape index (κ2) is 9.80. The average Bonchev–Trinajstić information content (AvgIpc) is 2.87. The maximum atomic E-state index is 12.9. The molecule has 8 nitrogen and oxygen atoms in total. The van der Waals surface area contributed by atoms with Crippen LogP contribution in [0.2, 0.25) is 0 Å². The van der Waals surface area contributed by atoms with Crippen molar-refractivity contribution in [1.82, 2.24) is 0 Å². The number of hydrogen-bond donors (Lipinski definition) is 1. The molecule has 3 aromatic carbocycles. The fourth-order valence-electron chi connectivity index (χ4n) is 3.87. The molecule has 3 aromatic rings. The number of rotatable bonds is 7. The van der Waals surface area contributed by atoms with Crippen LogP contribution < -0.4 is 14.8 Å². The second-order valence-electron chi connectivity index (χ2n) is 7.94. The summed E-state index contributed by atoms with van der Waals surface area (Å²) in [4.78, 5) is 50.7. The Labute approximate surface area is 201 Å². The molecular weight excluding hydrogens is 450 g/mol. The summed E-state index contributed by atoms with van der Waals surface area (Å²) in [5, 5.41) is 2.64. The van der Waals surface area contributed by atoms with Crippen LogP contribution in [0.25, 0.3) is 0 Å². The number of fused-ring (bicyclic) bond motifs is 2. The van der Waals surface area contributed by atoms with Crippen molar-refractivity contribution in [1.29, 1.82) is 0 Å². The van der Waals surface area contributed by atoms with Gasteiger partial charge in [-0.05, 0) is 31.2 Å². The third-order valence-corrected chi connectivity index (χ3v) is 5.70. The standard InChI is InChI=1S/C27H23NO7/c1-15(35-24(29)12-16-8-10-18(33-2)14-23(16)34-3)27(32)28-17-9-11-21-22(13-17)26(31)20-7-5-4-6-19(20)25(21)30/h4-11,13-15H,12H2,1-3H3,(H,28,32). The number of hydrogen-bond acceptors (Lipinski definition) is 7. The largest absolute Gasteiger partial charge is 0.497 e. The Morgan fingerprint density at radius 1 is 0.829 bits per heavy atom. The Balaban J connectivity index is 1.42. The lowest BCUT2D eigenvalue weighted by atomic mass is 9.84. The van der Waals surface area contributed by atoms with Crippen LogP contribution in [0, 0.1) is 0 Å². The van der Waals surface area contributed by atoms with Gasteiger partial charge in [0.05, 0.1) is 20.6 Å². The number of nitrogens with one attached hydrogen (secondary N) is 1. The number of benzene rings is 3. The van der Waals surface area contributed by atoms with Gasteiger partial charge in [-0.3, -0.25) is 19.2 Å². The summed E-state index contributed by atoms with van der Waals surface area (Å²) in [6.07, 6.45) is -1.19. The second-order valence-corrected chi connectivity index (χ2v) is 7.94. The molecule has 1 N–H and O–H groups in total. The Morgan fingerprint density at radius 3 is 2.14 bits per heavy atom. The Bertz CT molecular complexity index is 1350. The number of amides is 1. The number of anilines is 1. The summed E-state index contributed by atoms with van der Waals surface area (Å²) in [7, 11) is 3.01. The molecule has 178 valence electrons. The highest BCUT2D eigenvalue weighted by Crippen LogP contribution is 2.29. The number of carbonyl (C=O) groups excluding carboxylic acids is 4. The summed E-state index contributed by atoms with van der Waals surface area (Å²) in [5.74, 6) is -0.675. The normalized spacial score (nSPS) is 12.8. The first kappa shape index (κ1) is 23.7. The topological polar surface area (TPSA) is 108 Å². The molecule has 0 aromatic heterocycles. The zero-order chi connectivity index (χ0) is 25.1. The number of carbonyl (C=O) groups is 4. The molecule has 0 heterocycles. The number of ether oxygens (including phenoxy) is 3. The van der Waals surface area contributed by atoms with Gasteiger partial charge in [0.1, 0.15) is 11.5 Å². The molecule has 1 aliphatic rings. The van der Waals surface area contributed by atoms with E-state index in [9.17, 15) is 19.2 Å². The van der Waals surface area contributed by atoms with Gasteiger partial charge < -0.3 is 19.5 Å². The molecule has 1 atom stereocenters. The van der Waals surface area contributed by atoms with Crippen LogP contribution in [0.15, 0.2) is 60.7 Å². The first-order valence-electron chi connectivity index (χ1n) is 10.9. The first-order chi connectivity index (χ1) is 16.8. The van der Waals surface area contributed by atoms with E-state index in [-0.39, 0.29) is 29.1 Å². The van der Waals surface area contributed by atoms with Crippen molar-refractivity contribution in [2.75, 3.05) is 19.5 Å². The van der Waals surface area contributed by atoms with E-state index in [1.165, 1.54) is 39.3 Å². The molecule has 4 rings (SSSR count). The van der Waals surface area contributed by atoms with E-state index in [1.807, 2.05) is 0 Å². The predicted molar refractivity (Wildman–Crippen MR) is 127 cm³/mol. The monoisotopic (exact) mass is 473 g/mol. The van der Waals surface area contributed by atoms with E-state index < -0.39 is 18.0 Å². The van der Waals surface area contributed by atoms with Crippen LogP contribution >= 0.6 is 0 Å². The molecule has 1 unspecified atom stereocenters. The molecule has 35 heavy (non-hydrogen) atoms. The zero-order valence-corrected chi connectivity index (χ0v) is 19.4. The molecule has 1 amide bonds. The molecule has 1 aliphatic carbocycles. The lowest BCUT2D eigenvalue weighted by Crippen LogP contribution is -2.30. The summed E-state index contributed by atoms with van der Waals surface area (Å²) in [6, 6.07) is 16.2. The van der Waals surface area contributed by atoms with Gasteiger partial charge in [-0.1, -0.05) is 30.3 Å². The molecule has 0 saturated carbocycles. The lowest BCUT2D eigenvalue weighted by Gasteiger charge is -2.19. The minimum atomic E-state index is -1.10. The third kappa shape index (κ3) is 4.77. The molecule has 0 spiro atoms. The van der Waals surface area contributed by atoms with Gasteiger partial charge >= 0.3 is 5.97 Å². The van der Waals surface area contributed by atoms with Gasteiger partial charge in [0, 0.05) is 39.6 Å². The van der Waals surface area contributed by atoms with E-state index >= 15 is 0 Å². The van der Waals surface area contributed by atoms with Gasteiger partial charge in [0.15, 0.2) is 17.7 Å². The Kier molecular flexibility index (Phi) is 6.64. The van der Waals surface area contributed by atoms with Crippen molar-refractivity contribution < 1.29 is 33.4 Å². The van der Waals surface area contributed by atoms with Crippen LogP contribution in [0.4, 0.5) is 5.69 Å². The summed E-state index contributed by atoms with van der Waals surface area (Å²) in [5.41, 5.74) is 2.07. The van der Waals surface area contributed by atoms with E-state index in [2.05, 4.69) is 5.32 Å². The molecule has 0 bridgehead atoms. The van der Waals surface area contributed by atoms with Crippen molar-refractivity contribution in [3.63, 3.8) is 0 Å². The van der Waals surface area contributed by atoms with Crippen molar-refractivity contribution >= 4 is 29.1 Å². The van der Waals surface area contributed by atoms with Gasteiger partial charge in [-0.25, -0.2) is 0 Å². The van der Waals surface area contributed by atoms with Crippen LogP contribution in [-0.4, -0.2) is 43.8 Å². The molecule has 0 fully saturated rings. The van der Waals surface area contributed by atoms with Gasteiger partial charge in [0.2, 0.25) is 0 Å². The molecule has 0 saturated heterocycles. The maximum absolute atomic E-state index is 12.9. The van der Waals surface area contributed by atoms with Crippen LogP contribution in [-0.2, 0) is 20.7 Å². The fraction of sp³-hybridized carbons (Fsp3) is 0.185. The zero-order valence-electron chi connectivity index (χ0n) is 19.4. The fourth-order valence-corrected chi connectivity index (χ4v) is 3.87. The van der Waals surface area contributed by atoms with E-state index in [0.717, 1.165) is 0 Å². The van der Waals surface area contributed by atoms with Crippen molar-refractivity contribution in [2.24, 2.45) is 0 Å². The van der Waals surface area contributed by atoms with Crippen LogP contribution in [0.5, 0.6) is 11.5 Å². The van der Waals surface area contributed by atoms with Crippen LogP contribution in [0.3, 0.4) is 0 Å². The van der Waals surface area contributed by atoms with Gasteiger partial charge in [-0.2, -0.15) is 0 Å². The van der Waals surface area contributed by atoms with Crippen LogP contribution in [0.1, 0.15) is 44.3 Å². The van der Waals surface area contributed by atoms with E-state index in [0.29, 0.717) is 33.9 Å². The van der Waals surface area contributed by atoms with Crippen molar-refractivity contribution in [3.8, 4) is 11.5 Å². The number of ketones is 2. The number of methoxy groups -OCH3 is 2.